The summed E-state index contributed by atoms with van der Waals surface area (Å²) in [7, 11) is 0. The van der Waals surface area contributed by atoms with Crippen LogP contribution in [0.15, 0.2) is 134 Å². The fraction of sp³-hybridized carbons (Fsp3) is 0.288. The summed E-state index contributed by atoms with van der Waals surface area (Å²) in [6.07, 6.45) is 7.40. The number of fused-ring (bicyclic) bond motifs is 2. The van der Waals surface area contributed by atoms with E-state index in [-0.39, 0.29) is 24.7 Å². The Balaban J connectivity index is 0.744. The smallest absolute Gasteiger partial charge is 0.262 e. The van der Waals surface area contributed by atoms with Crippen molar-refractivity contribution in [2.24, 2.45) is 0 Å². The number of ether oxygens (including phenoxy) is 1. The minimum absolute atomic E-state index is 0.0964. The summed E-state index contributed by atoms with van der Waals surface area (Å²) in [5.41, 5.74) is 10.3. The Bertz CT molecular complexity index is 2660. The van der Waals surface area contributed by atoms with Crippen LogP contribution >= 0.6 is 0 Å². The normalized spacial score (nSPS) is 20.1. The van der Waals surface area contributed by atoms with Crippen LogP contribution in [0.5, 0.6) is 5.75 Å². The standard InChI is InChI=1S/C52H50N6O5/c59-48-23-22-47(50(60)54-48)58-51(61)45-20-17-41(31-46(45)52(58)62)56-28-26-55(27-29-56)24-7-25-57-33-40(32-53-57)36-12-14-38(15-13-36)49-43(37-10-5-2-6-11-37)19-16-39-30-42(18-21-44(39)49)63-34-35-8-3-1-4-9-35/h1-6,8-15,17-18,20-21,30-33,43,47,49H,7,16,19,22-29,34H2,(H,54,59,60)/t43-,47?,49?/m1/s1. The molecule has 0 saturated carbocycles. The highest BCUT2D eigenvalue weighted by Gasteiger charge is 2.45. The molecule has 3 aliphatic heterocycles. The van der Waals surface area contributed by atoms with Crippen molar-refractivity contribution in [3.05, 3.63) is 173 Å². The predicted octanol–water partition coefficient (Wildman–Crippen LogP) is 7.60. The SMILES string of the molecule is O=C1CCC(N2C(=O)c3ccc(N4CCN(CCCn5cc(-c6ccc(C7c8ccc(OCc9ccccc9)cc8CC[C@@H]7c7ccccc7)cc6)cn5)CC4)cc3C2=O)C(=O)N1. The molecule has 1 aromatic heterocycles. The van der Waals surface area contributed by atoms with E-state index in [9.17, 15) is 19.2 Å². The number of anilines is 1. The van der Waals surface area contributed by atoms with Crippen molar-refractivity contribution < 1.29 is 23.9 Å². The molecule has 3 atom stereocenters. The molecule has 11 heteroatoms. The van der Waals surface area contributed by atoms with Crippen LogP contribution in [0.2, 0.25) is 0 Å². The van der Waals surface area contributed by atoms with Crippen LogP contribution in [0.4, 0.5) is 5.69 Å². The first-order chi connectivity index (χ1) is 30.9. The lowest BCUT2D eigenvalue weighted by Crippen LogP contribution is -2.54. The average molecular weight is 839 g/mol. The molecule has 2 fully saturated rings. The van der Waals surface area contributed by atoms with Crippen LogP contribution in [-0.2, 0) is 29.2 Å². The van der Waals surface area contributed by atoms with Crippen molar-refractivity contribution >= 4 is 29.3 Å². The predicted molar refractivity (Wildman–Crippen MR) is 241 cm³/mol. The number of imide groups is 2. The van der Waals surface area contributed by atoms with Gasteiger partial charge < -0.3 is 9.64 Å². The number of carbonyl (C=O) groups excluding carboxylic acids is 4. The van der Waals surface area contributed by atoms with Gasteiger partial charge in [0.2, 0.25) is 11.8 Å². The quantitative estimate of drug-likeness (QED) is 0.125. The number of amides is 4. The molecule has 1 aliphatic carbocycles. The van der Waals surface area contributed by atoms with Gasteiger partial charge in [-0.15, -0.1) is 0 Å². The molecule has 5 aromatic carbocycles. The molecule has 2 saturated heterocycles. The number of aromatic nitrogens is 2. The van der Waals surface area contributed by atoms with Gasteiger partial charge in [-0.05, 0) is 95.3 Å². The van der Waals surface area contributed by atoms with E-state index in [4.69, 9.17) is 9.84 Å². The number of piperazine rings is 1. The molecular formula is C52H50N6O5. The van der Waals surface area contributed by atoms with Gasteiger partial charge in [-0.3, -0.25) is 39.0 Å². The molecule has 63 heavy (non-hydrogen) atoms. The van der Waals surface area contributed by atoms with E-state index >= 15 is 0 Å². The Hall–Kier alpha value is -6.85. The maximum absolute atomic E-state index is 13.4. The van der Waals surface area contributed by atoms with Crippen molar-refractivity contribution in [2.45, 2.75) is 63.1 Å². The van der Waals surface area contributed by atoms with Crippen molar-refractivity contribution in [1.29, 1.82) is 0 Å². The zero-order chi connectivity index (χ0) is 42.9. The van der Waals surface area contributed by atoms with E-state index < -0.39 is 23.8 Å². The summed E-state index contributed by atoms with van der Waals surface area (Å²) < 4.78 is 8.29. The lowest BCUT2D eigenvalue weighted by molar-refractivity contribution is -0.136. The fourth-order valence-electron chi connectivity index (χ4n) is 9.96. The van der Waals surface area contributed by atoms with Gasteiger partial charge in [0.15, 0.2) is 0 Å². The van der Waals surface area contributed by atoms with Crippen LogP contribution in [0.25, 0.3) is 11.1 Å². The Morgan fingerprint density at radius 2 is 1.44 bits per heavy atom. The number of rotatable bonds is 12. The highest BCUT2D eigenvalue weighted by molar-refractivity contribution is 6.23. The second-order valence-corrected chi connectivity index (χ2v) is 17.1. The molecule has 4 aliphatic rings. The van der Waals surface area contributed by atoms with Gasteiger partial charge in [0.1, 0.15) is 18.4 Å². The minimum atomic E-state index is -0.969. The number of hydrogen-bond acceptors (Lipinski definition) is 8. The molecule has 11 nitrogen and oxygen atoms in total. The summed E-state index contributed by atoms with van der Waals surface area (Å²) >= 11 is 0. The van der Waals surface area contributed by atoms with E-state index in [2.05, 4.69) is 106 Å². The summed E-state index contributed by atoms with van der Waals surface area (Å²) in [5.74, 6) is -0.424. The summed E-state index contributed by atoms with van der Waals surface area (Å²) in [6.45, 7) is 5.66. The van der Waals surface area contributed by atoms with Gasteiger partial charge in [0.05, 0.1) is 17.3 Å². The van der Waals surface area contributed by atoms with Crippen molar-refractivity contribution in [2.75, 3.05) is 37.6 Å². The van der Waals surface area contributed by atoms with Crippen LogP contribution in [0, 0.1) is 0 Å². The average Bonchev–Trinajstić information content (AvgIpc) is 3.90. The van der Waals surface area contributed by atoms with E-state index in [1.54, 1.807) is 12.1 Å². The van der Waals surface area contributed by atoms with Gasteiger partial charge in [0.25, 0.3) is 11.8 Å². The first kappa shape index (κ1) is 40.2. The zero-order valence-electron chi connectivity index (χ0n) is 35.2. The van der Waals surface area contributed by atoms with Gasteiger partial charge >= 0.3 is 0 Å². The molecule has 0 radical (unpaired) electrons. The lowest BCUT2D eigenvalue weighted by atomic mass is 9.69. The second kappa shape index (κ2) is 17.5. The van der Waals surface area contributed by atoms with E-state index in [1.807, 2.05) is 35.1 Å². The third-order valence-electron chi connectivity index (χ3n) is 13.3. The van der Waals surface area contributed by atoms with Crippen LogP contribution in [0.1, 0.15) is 86.1 Å². The number of hydrogen-bond donors (Lipinski definition) is 1. The monoisotopic (exact) mass is 838 g/mol. The molecule has 2 unspecified atom stereocenters. The first-order valence-corrected chi connectivity index (χ1v) is 22.2. The number of nitrogens with one attached hydrogen (secondary N) is 1. The molecular weight excluding hydrogens is 789 g/mol. The molecule has 4 heterocycles. The van der Waals surface area contributed by atoms with Crippen LogP contribution < -0.4 is 15.0 Å². The highest BCUT2D eigenvalue weighted by atomic mass is 16.5. The minimum Gasteiger partial charge on any atom is -0.489 e. The lowest BCUT2D eigenvalue weighted by Gasteiger charge is -2.36. The van der Waals surface area contributed by atoms with Crippen LogP contribution in [-0.4, -0.2) is 82.0 Å². The largest absolute Gasteiger partial charge is 0.489 e. The van der Waals surface area contributed by atoms with Crippen molar-refractivity contribution in [3.63, 3.8) is 0 Å². The number of nitrogens with zero attached hydrogens (tertiary/aromatic N) is 5. The molecule has 10 rings (SSSR count). The molecule has 1 N–H and O–H groups in total. The second-order valence-electron chi connectivity index (χ2n) is 17.1. The van der Waals surface area contributed by atoms with E-state index in [0.29, 0.717) is 23.7 Å². The van der Waals surface area contributed by atoms with Gasteiger partial charge in [-0.1, -0.05) is 91.0 Å². The number of benzene rings is 5. The van der Waals surface area contributed by atoms with Crippen LogP contribution in [0.3, 0.4) is 0 Å². The van der Waals surface area contributed by atoms with E-state index in [0.717, 1.165) is 91.6 Å². The summed E-state index contributed by atoms with van der Waals surface area (Å²) in [6, 6.07) is 41.4. The Morgan fingerprint density at radius 3 is 2.22 bits per heavy atom. The maximum atomic E-state index is 13.4. The molecule has 0 bridgehead atoms. The van der Waals surface area contributed by atoms with Crippen molar-refractivity contribution in [3.8, 4) is 16.9 Å². The molecule has 0 spiro atoms. The van der Waals surface area contributed by atoms with Gasteiger partial charge in [-0.25, -0.2) is 0 Å². The molecule has 6 aromatic rings. The molecule has 318 valence electrons. The molecule has 4 amide bonds. The summed E-state index contributed by atoms with van der Waals surface area (Å²) in [5, 5.41) is 6.99. The summed E-state index contributed by atoms with van der Waals surface area (Å²) in [4.78, 5) is 56.3. The number of carbonyl (C=O) groups is 4. The Morgan fingerprint density at radius 1 is 0.683 bits per heavy atom. The highest BCUT2D eigenvalue weighted by Crippen LogP contribution is 2.47. The zero-order valence-corrected chi connectivity index (χ0v) is 35.2. The maximum Gasteiger partial charge on any atom is 0.262 e. The fourth-order valence-corrected chi connectivity index (χ4v) is 9.96. The third-order valence-corrected chi connectivity index (χ3v) is 13.3. The van der Waals surface area contributed by atoms with E-state index in [1.165, 1.54) is 22.3 Å². The third kappa shape index (κ3) is 8.28. The Labute approximate surface area is 367 Å². The number of aryl methyl sites for hydroxylation is 2. The topological polar surface area (TPSA) is 117 Å². The first-order valence-electron chi connectivity index (χ1n) is 22.2. The number of piperidine rings is 1. The Kier molecular flexibility index (Phi) is 11.2. The van der Waals surface area contributed by atoms with Crippen molar-refractivity contribution in [1.82, 2.24) is 24.9 Å². The van der Waals surface area contributed by atoms with Gasteiger partial charge in [-0.2, -0.15) is 5.10 Å². The van der Waals surface area contributed by atoms with Gasteiger partial charge in [0, 0.05) is 69.1 Å².